The maximum atomic E-state index is 12.6. The number of anilines is 1. The summed E-state index contributed by atoms with van der Waals surface area (Å²) in [4.78, 5) is -0.0928. The normalized spacial score (nSPS) is 12.4. The average Bonchev–Trinajstić information content (AvgIpc) is 2.95. The third-order valence-electron chi connectivity index (χ3n) is 4.21. The molecular formula is C18H16F3N5O4S2. The number of ether oxygens (including phenoxy) is 1. The Morgan fingerprint density at radius 2 is 1.91 bits per heavy atom. The fourth-order valence-electron chi connectivity index (χ4n) is 2.89. The van der Waals surface area contributed by atoms with Gasteiger partial charge in [-0.25, -0.2) is 13.6 Å². The van der Waals surface area contributed by atoms with Gasteiger partial charge in [0, 0.05) is 17.6 Å². The molecule has 0 aliphatic rings. The van der Waals surface area contributed by atoms with Gasteiger partial charge in [0.2, 0.25) is 21.0 Å². The zero-order valence-corrected chi connectivity index (χ0v) is 17.9. The summed E-state index contributed by atoms with van der Waals surface area (Å²) < 4.78 is 65.6. The maximum Gasteiger partial charge on any atom is 0.573 e. The quantitative estimate of drug-likeness (QED) is 0.361. The van der Waals surface area contributed by atoms with Crippen LogP contribution < -0.4 is 15.2 Å². The standard InChI is InChI=1S/C18H16F3N5O4S2/c1-2-26-14-8-5-11(30-18(19,20)21)9-13(14)15(16(26)27)24-25-17(31)23-10-3-6-12(7-4-10)32(22,28)29/h3-9,27H,2H2,1H3,(H,23,31)(H2,22,28,29). The molecule has 3 aromatic rings. The molecule has 0 fully saturated rings. The van der Waals surface area contributed by atoms with E-state index in [1.54, 1.807) is 6.92 Å². The fraction of sp³-hybridized carbons (Fsp3) is 0.167. The number of fused-ring (bicyclic) bond motifs is 1. The number of halogens is 3. The van der Waals surface area contributed by atoms with Crippen molar-refractivity contribution in [1.29, 1.82) is 0 Å². The first-order chi connectivity index (χ1) is 14.9. The molecule has 0 unspecified atom stereocenters. The number of aromatic nitrogens is 1. The molecule has 32 heavy (non-hydrogen) atoms. The highest BCUT2D eigenvalue weighted by Crippen LogP contribution is 2.41. The number of benzene rings is 2. The van der Waals surface area contributed by atoms with Gasteiger partial charge < -0.3 is 19.7 Å². The Morgan fingerprint density at radius 1 is 1.25 bits per heavy atom. The van der Waals surface area contributed by atoms with Crippen molar-refractivity contribution in [3.05, 3.63) is 42.5 Å². The molecule has 0 aliphatic heterocycles. The third kappa shape index (κ3) is 5.33. The number of azo groups is 1. The number of primary sulfonamides is 1. The van der Waals surface area contributed by atoms with E-state index in [0.717, 1.165) is 12.1 Å². The summed E-state index contributed by atoms with van der Waals surface area (Å²) in [7, 11) is -3.85. The molecular weight excluding hydrogens is 471 g/mol. The van der Waals surface area contributed by atoms with E-state index < -0.39 is 22.1 Å². The summed E-state index contributed by atoms with van der Waals surface area (Å²) in [6.07, 6.45) is -4.88. The van der Waals surface area contributed by atoms with Gasteiger partial charge in [-0.15, -0.1) is 23.4 Å². The minimum atomic E-state index is -4.88. The van der Waals surface area contributed by atoms with Gasteiger partial charge in [0.15, 0.2) is 5.69 Å². The molecule has 0 radical (unpaired) electrons. The number of nitrogens with zero attached hydrogens (tertiary/aromatic N) is 3. The minimum Gasteiger partial charge on any atom is -0.493 e. The predicted molar refractivity (Wildman–Crippen MR) is 115 cm³/mol. The third-order valence-corrected chi connectivity index (χ3v) is 5.32. The van der Waals surface area contributed by atoms with E-state index in [1.807, 2.05) is 0 Å². The number of sulfonamides is 1. The molecule has 0 bridgehead atoms. The zero-order chi connectivity index (χ0) is 23.7. The average molecular weight is 487 g/mol. The molecule has 0 saturated heterocycles. The van der Waals surface area contributed by atoms with E-state index in [4.69, 9.17) is 17.4 Å². The Morgan fingerprint density at radius 3 is 2.47 bits per heavy atom. The highest BCUT2D eigenvalue weighted by atomic mass is 32.2. The molecule has 3 rings (SSSR count). The van der Waals surface area contributed by atoms with Crippen molar-refractivity contribution < 1.29 is 31.4 Å². The molecule has 9 nitrogen and oxygen atoms in total. The van der Waals surface area contributed by atoms with Crippen molar-refractivity contribution in [3.8, 4) is 11.6 Å². The van der Waals surface area contributed by atoms with Gasteiger partial charge in [0.05, 0.1) is 10.4 Å². The van der Waals surface area contributed by atoms with E-state index in [0.29, 0.717) is 17.7 Å². The molecule has 0 saturated carbocycles. The molecule has 0 spiro atoms. The van der Waals surface area contributed by atoms with Crippen molar-refractivity contribution in [2.45, 2.75) is 24.7 Å². The van der Waals surface area contributed by atoms with Crippen molar-refractivity contribution in [1.82, 2.24) is 4.57 Å². The lowest BCUT2D eigenvalue weighted by Crippen LogP contribution is -2.16. The van der Waals surface area contributed by atoms with Gasteiger partial charge in [0.1, 0.15) is 5.75 Å². The summed E-state index contributed by atoms with van der Waals surface area (Å²) in [5.41, 5.74) is 0.719. The Labute approximate surface area is 185 Å². The Balaban J connectivity index is 1.88. The number of aromatic hydroxyl groups is 1. The number of nitrogens with two attached hydrogens (primary N) is 1. The summed E-state index contributed by atoms with van der Waals surface area (Å²) in [6.45, 7) is 2.05. The smallest absolute Gasteiger partial charge is 0.493 e. The highest BCUT2D eigenvalue weighted by Gasteiger charge is 2.31. The van der Waals surface area contributed by atoms with Gasteiger partial charge in [-0.1, -0.05) is 0 Å². The summed E-state index contributed by atoms with van der Waals surface area (Å²) >= 11 is 5.06. The Bertz CT molecular complexity index is 1300. The van der Waals surface area contributed by atoms with Crippen molar-refractivity contribution in [2.75, 3.05) is 5.32 Å². The largest absolute Gasteiger partial charge is 0.573 e. The van der Waals surface area contributed by atoms with E-state index in [2.05, 4.69) is 20.3 Å². The number of hydrogen-bond donors (Lipinski definition) is 3. The van der Waals surface area contributed by atoms with Crippen LogP contribution in [0.15, 0.2) is 57.6 Å². The van der Waals surface area contributed by atoms with E-state index in [9.17, 15) is 26.7 Å². The first-order valence-electron chi connectivity index (χ1n) is 8.85. The second-order valence-electron chi connectivity index (χ2n) is 6.34. The lowest BCUT2D eigenvalue weighted by molar-refractivity contribution is -0.274. The molecule has 0 aliphatic carbocycles. The molecule has 1 aromatic heterocycles. The van der Waals surface area contributed by atoms with Crippen LogP contribution in [0.1, 0.15) is 6.92 Å². The van der Waals surface area contributed by atoms with Gasteiger partial charge in [-0.05, 0) is 61.6 Å². The number of alkyl halides is 3. The predicted octanol–water partition coefficient (Wildman–Crippen LogP) is 4.39. The van der Waals surface area contributed by atoms with E-state index in [-0.39, 0.29) is 27.0 Å². The number of rotatable bonds is 5. The zero-order valence-electron chi connectivity index (χ0n) is 16.3. The fourth-order valence-corrected chi connectivity index (χ4v) is 3.56. The number of hydrogen-bond acceptors (Lipinski definition) is 6. The summed E-state index contributed by atoms with van der Waals surface area (Å²) in [5.74, 6) is -0.791. The van der Waals surface area contributed by atoms with Crippen molar-refractivity contribution in [3.63, 3.8) is 0 Å². The molecule has 2 aromatic carbocycles. The molecule has 0 amide bonds. The molecule has 14 heteroatoms. The van der Waals surface area contributed by atoms with Crippen LogP contribution in [-0.4, -0.2) is 29.6 Å². The lowest BCUT2D eigenvalue weighted by atomic mass is 10.2. The van der Waals surface area contributed by atoms with Gasteiger partial charge in [-0.3, -0.25) is 0 Å². The minimum absolute atomic E-state index is 0.0928. The van der Waals surface area contributed by atoms with Crippen LogP contribution in [0.2, 0.25) is 0 Å². The van der Waals surface area contributed by atoms with Gasteiger partial charge in [-0.2, -0.15) is 0 Å². The second-order valence-corrected chi connectivity index (χ2v) is 8.29. The highest BCUT2D eigenvalue weighted by molar-refractivity contribution is 7.89. The Kier molecular flexibility index (Phi) is 6.39. The topological polar surface area (TPSA) is 131 Å². The van der Waals surface area contributed by atoms with Crippen LogP contribution in [0, 0.1) is 0 Å². The molecule has 4 N–H and O–H groups in total. The molecule has 170 valence electrons. The number of thiocarbonyl (C=S) groups is 1. The van der Waals surface area contributed by atoms with Crippen molar-refractivity contribution >= 4 is 49.6 Å². The van der Waals surface area contributed by atoms with Gasteiger partial charge in [0.25, 0.3) is 0 Å². The van der Waals surface area contributed by atoms with Crippen LogP contribution in [0.3, 0.4) is 0 Å². The summed E-state index contributed by atoms with van der Waals surface area (Å²) in [5, 5.41) is 25.9. The lowest BCUT2D eigenvalue weighted by Gasteiger charge is -2.09. The van der Waals surface area contributed by atoms with Crippen LogP contribution in [0.25, 0.3) is 10.9 Å². The van der Waals surface area contributed by atoms with E-state index >= 15 is 0 Å². The van der Waals surface area contributed by atoms with Crippen LogP contribution >= 0.6 is 12.2 Å². The number of aryl methyl sites for hydroxylation is 1. The second kappa shape index (κ2) is 8.72. The van der Waals surface area contributed by atoms with E-state index in [1.165, 1.54) is 34.9 Å². The Hall–Kier alpha value is -3.23. The molecule has 1 heterocycles. The summed E-state index contributed by atoms with van der Waals surface area (Å²) in [6, 6.07) is 8.92. The van der Waals surface area contributed by atoms with Gasteiger partial charge >= 0.3 is 6.36 Å². The van der Waals surface area contributed by atoms with Crippen LogP contribution in [0.5, 0.6) is 11.6 Å². The maximum absolute atomic E-state index is 12.6. The monoisotopic (exact) mass is 487 g/mol. The SMILES string of the molecule is CCn1c(O)c(N=NC(=S)Nc2ccc(S(N)(=O)=O)cc2)c2cc(OC(F)(F)F)ccc21. The molecule has 0 atom stereocenters. The van der Waals surface area contributed by atoms with Crippen LogP contribution in [-0.2, 0) is 16.6 Å². The number of nitrogens with one attached hydrogen (secondary N) is 1. The van der Waals surface area contributed by atoms with Crippen molar-refractivity contribution in [2.24, 2.45) is 15.4 Å². The van der Waals surface area contributed by atoms with Crippen LogP contribution in [0.4, 0.5) is 24.5 Å². The first-order valence-corrected chi connectivity index (χ1v) is 10.8. The first kappa shape index (κ1) is 23.4.